The summed E-state index contributed by atoms with van der Waals surface area (Å²) in [5.74, 6) is 1.13. The van der Waals surface area contributed by atoms with E-state index >= 15 is 0 Å². The van der Waals surface area contributed by atoms with Gasteiger partial charge >= 0.3 is 0 Å². The maximum absolute atomic E-state index is 12.7. The molecule has 0 spiro atoms. The van der Waals surface area contributed by atoms with Crippen molar-refractivity contribution in [1.82, 2.24) is 0 Å². The molecule has 4 heteroatoms. The molecule has 0 fully saturated rings. The second-order valence-corrected chi connectivity index (χ2v) is 10.3. The summed E-state index contributed by atoms with van der Waals surface area (Å²) in [6.45, 7) is 13.4. The van der Waals surface area contributed by atoms with Crippen molar-refractivity contribution in [3.05, 3.63) is 89.5 Å². The number of benzene rings is 3. The van der Waals surface area contributed by atoms with Crippen molar-refractivity contribution < 1.29 is 14.3 Å². The Morgan fingerprint density at radius 3 is 2.09 bits per heavy atom. The van der Waals surface area contributed by atoms with E-state index in [4.69, 9.17) is 9.47 Å². The van der Waals surface area contributed by atoms with Crippen LogP contribution in [0.25, 0.3) is 0 Å². The molecule has 0 unspecified atom stereocenters. The molecule has 0 radical (unpaired) electrons. The predicted octanol–water partition coefficient (Wildman–Crippen LogP) is 6.88. The van der Waals surface area contributed by atoms with Crippen LogP contribution in [0.2, 0.25) is 0 Å². The summed E-state index contributed by atoms with van der Waals surface area (Å²) in [6.07, 6.45) is 0. The molecular weight excluding hydrogens is 410 g/mol. The van der Waals surface area contributed by atoms with Crippen LogP contribution in [0.3, 0.4) is 0 Å². The summed E-state index contributed by atoms with van der Waals surface area (Å²) in [4.78, 5) is 12.7. The quantitative estimate of drug-likeness (QED) is 0.431. The molecule has 33 heavy (non-hydrogen) atoms. The summed E-state index contributed by atoms with van der Waals surface area (Å²) in [7, 11) is 0. The highest BCUT2D eigenvalue weighted by atomic mass is 16.5. The smallest absolute Gasteiger partial charge is 0.262 e. The van der Waals surface area contributed by atoms with Crippen LogP contribution in [0.4, 0.5) is 5.69 Å². The minimum Gasteiger partial charge on any atom is -0.487 e. The zero-order valence-electron chi connectivity index (χ0n) is 20.6. The van der Waals surface area contributed by atoms with Gasteiger partial charge in [-0.3, -0.25) is 4.79 Å². The number of carbonyl (C=O) groups excluding carboxylic acids is 1. The largest absolute Gasteiger partial charge is 0.487 e. The third-order valence-electron chi connectivity index (χ3n) is 5.41. The van der Waals surface area contributed by atoms with Crippen LogP contribution in [-0.4, -0.2) is 12.5 Å². The molecule has 1 amide bonds. The average molecular weight is 446 g/mol. The van der Waals surface area contributed by atoms with Crippen molar-refractivity contribution in [3.8, 4) is 11.5 Å². The number of hydrogen-bond donors (Lipinski definition) is 1. The maximum atomic E-state index is 12.7. The number of para-hydroxylation sites is 2. The molecule has 0 aromatic heterocycles. The number of carbonyl (C=O) groups is 1. The fraction of sp³-hybridized carbons (Fsp3) is 0.345. The first-order valence-electron chi connectivity index (χ1n) is 11.4. The molecule has 0 bridgehead atoms. The summed E-state index contributed by atoms with van der Waals surface area (Å²) in [6, 6.07) is 23.6. The van der Waals surface area contributed by atoms with E-state index in [9.17, 15) is 4.79 Å². The number of rotatable bonds is 7. The van der Waals surface area contributed by atoms with Gasteiger partial charge in [-0.1, -0.05) is 96.1 Å². The van der Waals surface area contributed by atoms with Crippen molar-refractivity contribution in [1.29, 1.82) is 0 Å². The van der Waals surface area contributed by atoms with Crippen LogP contribution >= 0.6 is 0 Å². The maximum Gasteiger partial charge on any atom is 0.262 e. The number of hydrogen-bond acceptors (Lipinski definition) is 3. The van der Waals surface area contributed by atoms with Gasteiger partial charge in [0.15, 0.2) is 6.61 Å². The zero-order valence-corrected chi connectivity index (χ0v) is 20.6. The molecule has 0 aliphatic heterocycles. The Morgan fingerprint density at radius 1 is 0.758 bits per heavy atom. The Balaban J connectivity index is 1.68. The summed E-state index contributed by atoms with van der Waals surface area (Å²) < 4.78 is 11.9. The lowest BCUT2D eigenvalue weighted by Gasteiger charge is -2.27. The van der Waals surface area contributed by atoms with E-state index in [-0.39, 0.29) is 23.3 Å². The molecule has 0 heterocycles. The molecule has 0 saturated carbocycles. The van der Waals surface area contributed by atoms with Crippen molar-refractivity contribution in [3.63, 3.8) is 0 Å². The average Bonchev–Trinajstić information content (AvgIpc) is 2.76. The van der Waals surface area contributed by atoms with E-state index in [1.54, 1.807) is 0 Å². The van der Waals surface area contributed by atoms with Gasteiger partial charge in [-0.05, 0) is 45.7 Å². The SMILES string of the molecule is CC(C)(C)c1ccc(OCC(=O)Nc2ccccc2OCc2ccccc2)c(C(C)(C)C)c1. The van der Waals surface area contributed by atoms with Gasteiger partial charge < -0.3 is 14.8 Å². The highest BCUT2D eigenvalue weighted by molar-refractivity contribution is 5.93. The van der Waals surface area contributed by atoms with E-state index in [0.29, 0.717) is 18.0 Å². The summed E-state index contributed by atoms with van der Waals surface area (Å²) in [5, 5.41) is 2.92. The Morgan fingerprint density at radius 2 is 1.42 bits per heavy atom. The number of ether oxygens (including phenoxy) is 2. The van der Waals surface area contributed by atoms with Crippen molar-refractivity contribution in [2.24, 2.45) is 0 Å². The highest BCUT2D eigenvalue weighted by Crippen LogP contribution is 2.35. The molecule has 0 aliphatic carbocycles. The minimum atomic E-state index is -0.231. The Bertz CT molecular complexity index is 1080. The lowest BCUT2D eigenvalue weighted by molar-refractivity contribution is -0.118. The van der Waals surface area contributed by atoms with Crippen LogP contribution in [0.5, 0.6) is 11.5 Å². The van der Waals surface area contributed by atoms with Gasteiger partial charge in [0.05, 0.1) is 5.69 Å². The Labute approximate surface area is 197 Å². The number of amides is 1. The number of anilines is 1. The molecule has 0 atom stereocenters. The third-order valence-corrected chi connectivity index (χ3v) is 5.41. The van der Waals surface area contributed by atoms with Crippen molar-refractivity contribution in [2.75, 3.05) is 11.9 Å². The van der Waals surface area contributed by atoms with Gasteiger partial charge in [-0.2, -0.15) is 0 Å². The molecule has 4 nitrogen and oxygen atoms in total. The van der Waals surface area contributed by atoms with Crippen LogP contribution in [0, 0.1) is 0 Å². The first-order chi connectivity index (χ1) is 15.5. The van der Waals surface area contributed by atoms with Gasteiger partial charge in [0, 0.05) is 0 Å². The zero-order chi connectivity index (χ0) is 24.1. The highest BCUT2D eigenvalue weighted by Gasteiger charge is 2.23. The first kappa shape index (κ1) is 24.4. The molecule has 3 aromatic carbocycles. The fourth-order valence-electron chi connectivity index (χ4n) is 3.47. The first-order valence-corrected chi connectivity index (χ1v) is 11.4. The predicted molar refractivity (Wildman–Crippen MR) is 135 cm³/mol. The molecule has 3 aromatic rings. The third kappa shape index (κ3) is 6.85. The standard InChI is InChI=1S/C29H35NO3/c1-28(2,3)22-16-17-25(23(18-22)29(4,5)6)33-20-27(31)30-24-14-10-11-15-26(24)32-19-21-12-8-7-9-13-21/h7-18H,19-20H2,1-6H3,(H,30,31). The van der Waals surface area contributed by atoms with Crippen molar-refractivity contribution >= 4 is 11.6 Å². The van der Waals surface area contributed by atoms with Gasteiger partial charge in [0.2, 0.25) is 0 Å². The summed E-state index contributed by atoms with van der Waals surface area (Å²) in [5.41, 5.74) is 3.96. The lowest BCUT2D eigenvalue weighted by Crippen LogP contribution is -2.23. The molecule has 0 saturated heterocycles. The van der Waals surface area contributed by atoms with Crippen LogP contribution in [0.15, 0.2) is 72.8 Å². The van der Waals surface area contributed by atoms with Gasteiger partial charge in [0.1, 0.15) is 18.1 Å². The van der Waals surface area contributed by atoms with Gasteiger partial charge in [-0.25, -0.2) is 0 Å². The van der Waals surface area contributed by atoms with E-state index in [1.807, 2.05) is 60.7 Å². The van der Waals surface area contributed by atoms with Gasteiger partial charge in [0.25, 0.3) is 5.91 Å². The molecule has 3 rings (SSSR count). The van der Waals surface area contributed by atoms with E-state index in [1.165, 1.54) is 5.56 Å². The minimum absolute atomic E-state index is 0.0410. The lowest BCUT2D eigenvalue weighted by atomic mass is 9.80. The topological polar surface area (TPSA) is 47.6 Å². The van der Waals surface area contributed by atoms with E-state index < -0.39 is 0 Å². The van der Waals surface area contributed by atoms with Gasteiger partial charge in [-0.15, -0.1) is 0 Å². The van der Waals surface area contributed by atoms with E-state index in [2.05, 4.69) is 59.0 Å². The van der Waals surface area contributed by atoms with Crippen LogP contribution in [0.1, 0.15) is 58.2 Å². The van der Waals surface area contributed by atoms with Crippen LogP contribution in [-0.2, 0) is 22.2 Å². The molecular formula is C29H35NO3. The number of nitrogens with one attached hydrogen (secondary N) is 1. The monoisotopic (exact) mass is 445 g/mol. The summed E-state index contributed by atoms with van der Waals surface area (Å²) >= 11 is 0. The fourth-order valence-corrected chi connectivity index (χ4v) is 3.47. The van der Waals surface area contributed by atoms with Crippen molar-refractivity contribution in [2.45, 2.75) is 59.0 Å². The molecule has 0 aliphatic rings. The second-order valence-electron chi connectivity index (χ2n) is 10.3. The van der Waals surface area contributed by atoms with Crippen LogP contribution < -0.4 is 14.8 Å². The Kier molecular flexibility index (Phi) is 7.47. The molecule has 1 N–H and O–H groups in total. The Hall–Kier alpha value is -3.27. The second kappa shape index (κ2) is 10.1. The molecule has 174 valence electrons. The normalized spacial score (nSPS) is 11.7. The van der Waals surface area contributed by atoms with E-state index in [0.717, 1.165) is 16.9 Å².